The third-order valence-electron chi connectivity index (χ3n) is 15.6. The van der Waals surface area contributed by atoms with Crippen LogP contribution in [-0.2, 0) is 0 Å². The molecule has 0 fully saturated rings. The highest BCUT2D eigenvalue weighted by molar-refractivity contribution is 6.28. The number of benzene rings is 11. The second-order valence-electron chi connectivity index (χ2n) is 19.3. The smallest absolute Gasteiger partial charge is 0.0721 e. The van der Waals surface area contributed by atoms with Gasteiger partial charge in [-0.25, -0.2) is 0 Å². The van der Waals surface area contributed by atoms with E-state index in [1.165, 1.54) is 125 Å². The molecule has 3 heterocycles. The molecule has 3 heteroatoms. The fraction of sp³-hybridized carbons (Fsp3) is 0.0462. The van der Waals surface area contributed by atoms with E-state index in [4.69, 9.17) is 0 Å². The van der Waals surface area contributed by atoms with Crippen molar-refractivity contribution in [1.82, 2.24) is 14.5 Å². The minimum Gasteiger partial charge on any atom is -0.374 e. The van der Waals surface area contributed by atoms with Crippen LogP contribution in [0.15, 0.2) is 225 Å². The van der Waals surface area contributed by atoms with Gasteiger partial charge in [-0.3, -0.25) is 0 Å². The Morgan fingerprint density at radius 1 is 0.382 bits per heavy atom. The monoisotopic (exact) mass is 863 g/mol. The van der Waals surface area contributed by atoms with Gasteiger partial charge in [0.25, 0.3) is 0 Å². The SMILES string of the molecule is C1=CC2C=CC(n3c4ccccc4c4c3ccc3c5ccccc5n(C5=CC(c6cc7ccc8cccc9ccc(c6)c7c89)NC(c6cc7ccc8cccc9ccc(c6)c7c89)=C5)c34)=CC2C=C1. The van der Waals surface area contributed by atoms with Gasteiger partial charge < -0.3 is 14.5 Å². The van der Waals surface area contributed by atoms with Crippen molar-refractivity contribution in [2.24, 2.45) is 11.8 Å². The molecule has 3 nitrogen and oxygen atoms in total. The van der Waals surface area contributed by atoms with Gasteiger partial charge in [0.2, 0.25) is 0 Å². The summed E-state index contributed by atoms with van der Waals surface area (Å²) in [7, 11) is 0. The Morgan fingerprint density at radius 3 is 1.60 bits per heavy atom. The van der Waals surface area contributed by atoms with E-state index in [-0.39, 0.29) is 6.04 Å². The summed E-state index contributed by atoms with van der Waals surface area (Å²) in [5.74, 6) is 0.712. The first-order valence-corrected chi connectivity index (χ1v) is 24.0. The third kappa shape index (κ3) is 5.02. The number of nitrogens with zero attached hydrogens (tertiary/aromatic N) is 2. The highest BCUT2D eigenvalue weighted by Gasteiger charge is 2.27. The molecule has 0 radical (unpaired) electrons. The number of dihydropyridines is 1. The largest absolute Gasteiger partial charge is 0.374 e. The summed E-state index contributed by atoms with van der Waals surface area (Å²) in [6.45, 7) is 0. The Labute approximate surface area is 391 Å². The number of aromatic nitrogens is 2. The van der Waals surface area contributed by atoms with Crippen molar-refractivity contribution < 1.29 is 0 Å². The van der Waals surface area contributed by atoms with Crippen LogP contribution in [0.5, 0.6) is 0 Å². The molecule has 0 saturated heterocycles. The normalized spacial score (nSPS) is 18.4. The van der Waals surface area contributed by atoms with Gasteiger partial charge in [-0.15, -0.1) is 0 Å². The standard InChI is InChI=1S/C65H41N3/c1-2-10-43-35-50(28-27-38(43)9-1)67-58-18-6-4-16-54(58)64-59(67)30-29-53-52-15-3-5-17-57(52)68(65(53)64)51-36-55(48-31-44-23-19-39-11-7-12-40-20-24-45(32-48)62(44)60(39)40)66-56(37-51)49-33-46-25-21-41-13-8-14-42-22-26-47(34-49)63(46)61(41)42/h1-38,43,55,66H. The molecule has 2 aromatic heterocycles. The van der Waals surface area contributed by atoms with Gasteiger partial charge in [0, 0.05) is 50.5 Å². The van der Waals surface area contributed by atoms with Crippen LogP contribution in [0, 0.1) is 11.8 Å². The number of nitrogens with one attached hydrogen (secondary N) is 1. The molecule has 11 aromatic carbocycles. The average molecular weight is 864 g/mol. The Hall–Kier alpha value is -8.66. The van der Waals surface area contributed by atoms with Gasteiger partial charge in [0.05, 0.1) is 28.1 Å². The van der Waals surface area contributed by atoms with E-state index in [0.29, 0.717) is 11.8 Å². The fourth-order valence-corrected chi connectivity index (χ4v) is 12.6. The zero-order valence-electron chi connectivity index (χ0n) is 37.0. The van der Waals surface area contributed by atoms with Crippen LogP contribution in [0.25, 0.3) is 125 Å². The van der Waals surface area contributed by atoms with Crippen molar-refractivity contribution in [3.63, 3.8) is 0 Å². The van der Waals surface area contributed by atoms with E-state index in [0.717, 1.165) is 11.4 Å². The number of rotatable bonds is 4. The van der Waals surface area contributed by atoms with E-state index in [1.807, 2.05) is 0 Å². The van der Waals surface area contributed by atoms with E-state index in [9.17, 15) is 0 Å². The maximum atomic E-state index is 4.14. The summed E-state index contributed by atoms with van der Waals surface area (Å²) >= 11 is 0. The van der Waals surface area contributed by atoms with E-state index >= 15 is 0 Å². The molecular formula is C65H41N3. The number of hydrogen-bond donors (Lipinski definition) is 1. The fourth-order valence-electron chi connectivity index (χ4n) is 12.6. The summed E-state index contributed by atoms with van der Waals surface area (Å²) in [5.41, 5.74) is 10.7. The Balaban J connectivity index is 0.974. The highest BCUT2D eigenvalue weighted by atomic mass is 15.0. The maximum Gasteiger partial charge on any atom is 0.0721 e. The first-order valence-electron chi connectivity index (χ1n) is 24.0. The summed E-state index contributed by atoms with van der Waals surface area (Å²) in [6.07, 6.45) is 21.1. The van der Waals surface area contributed by atoms with E-state index in [1.54, 1.807) is 0 Å². The number of para-hydroxylation sites is 2. The topological polar surface area (TPSA) is 21.9 Å². The van der Waals surface area contributed by atoms with Crippen molar-refractivity contribution >= 4 is 125 Å². The maximum absolute atomic E-state index is 4.14. The number of hydrogen-bond acceptors (Lipinski definition) is 1. The molecule has 316 valence electrons. The first-order chi connectivity index (χ1) is 33.7. The first kappa shape index (κ1) is 36.5. The number of allylic oxidation sites excluding steroid dienone is 10. The number of fused-ring (bicyclic) bond motifs is 8. The molecule has 0 bridgehead atoms. The third-order valence-corrected chi connectivity index (χ3v) is 15.6. The molecule has 0 saturated carbocycles. The van der Waals surface area contributed by atoms with Gasteiger partial charge in [-0.2, -0.15) is 0 Å². The summed E-state index contributed by atoms with van der Waals surface area (Å²) in [5, 5.41) is 24.7. The molecule has 1 N–H and O–H groups in total. The molecule has 3 atom stereocenters. The molecule has 68 heavy (non-hydrogen) atoms. The molecule has 0 spiro atoms. The molecule has 2 aliphatic carbocycles. The lowest BCUT2D eigenvalue weighted by Gasteiger charge is -2.28. The molecule has 3 unspecified atom stereocenters. The zero-order chi connectivity index (χ0) is 44.2. The highest BCUT2D eigenvalue weighted by Crippen LogP contribution is 2.46. The van der Waals surface area contributed by atoms with E-state index in [2.05, 4.69) is 239 Å². The minimum absolute atomic E-state index is 0.127. The van der Waals surface area contributed by atoms with Crippen molar-refractivity contribution in [3.8, 4) is 0 Å². The minimum atomic E-state index is -0.127. The molecule has 16 rings (SSSR count). The lowest BCUT2D eigenvalue weighted by molar-refractivity contribution is 0.659. The second-order valence-corrected chi connectivity index (χ2v) is 19.3. The van der Waals surface area contributed by atoms with Crippen molar-refractivity contribution in [1.29, 1.82) is 0 Å². The van der Waals surface area contributed by atoms with Crippen LogP contribution in [0.3, 0.4) is 0 Å². The van der Waals surface area contributed by atoms with Crippen molar-refractivity contribution in [3.05, 3.63) is 236 Å². The predicted molar refractivity (Wildman–Crippen MR) is 290 cm³/mol. The second kappa shape index (κ2) is 13.5. The summed E-state index contributed by atoms with van der Waals surface area (Å²) < 4.78 is 5.07. The van der Waals surface area contributed by atoms with E-state index < -0.39 is 0 Å². The molecule has 0 amide bonds. The van der Waals surface area contributed by atoms with Crippen LogP contribution in [0.2, 0.25) is 0 Å². The lowest BCUT2D eigenvalue weighted by atomic mass is 9.84. The van der Waals surface area contributed by atoms with Gasteiger partial charge in [0.15, 0.2) is 0 Å². The van der Waals surface area contributed by atoms with Crippen LogP contribution >= 0.6 is 0 Å². The zero-order valence-corrected chi connectivity index (χ0v) is 37.0. The van der Waals surface area contributed by atoms with Crippen molar-refractivity contribution in [2.75, 3.05) is 0 Å². The Morgan fingerprint density at radius 2 is 0.941 bits per heavy atom. The molecule has 13 aromatic rings. The average Bonchev–Trinajstić information content (AvgIpc) is 3.92. The molecule has 3 aliphatic rings. The lowest BCUT2D eigenvalue weighted by Crippen LogP contribution is -2.23. The van der Waals surface area contributed by atoms with Gasteiger partial charge >= 0.3 is 0 Å². The Kier molecular flexibility index (Phi) is 7.24. The van der Waals surface area contributed by atoms with Gasteiger partial charge in [-0.05, 0) is 136 Å². The summed E-state index contributed by atoms with van der Waals surface area (Å²) in [6, 6.07) is 63.9. The van der Waals surface area contributed by atoms with Crippen LogP contribution in [-0.4, -0.2) is 9.13 Å². The van der Waals surface area contributed by atoms with Gasteiger partial charge in [-0.1, -0.05) is 164 Å². The predicted octanol–water partition coefficient (Wildman–Crippen LogP) is 16.7. The quantitative estimate of drug-likeness (QED) is 0.175. The summed E-state index contributed by atoms with van der Waals surface area (Å²) in [4.78, 5) is 0. The van der Waals surface area contributed by atoms with Crippen LogP contribution in [0.1, 0.15) is 17.2 Å². The molecular weight excluding hydrogens is 823 g/mol. The molecule has 1 aliphatic heterocycles. The Bertz CT molecular complexity index is 4410. The van der Waals surface area contributed by atoms with Gasteiger partial charge in [0.1, 0.15) is 0 Å². The van der Waals surface area contributed by atoms with Crippen molar-refractivity contribution in [2.45, 2.75) is 6.04 Å². The van der Waals surface area contributed by atoms with Crippen LogP contribution < -0.4 is 5.32 Å². The van der Waals surface area contributed by atoms with Crippen LogP contribution in [0.4, 0.5) is 0 Å².